The van der Waals surface area contributed by atoms with Crippen molar-refractivity contribution in [2.24, 2.45) is 5.92 Å². The van der Waals surface area contributed by atoms with Gasteiger partial charge in [0.15, 0.2) is 9.84 Å². The fourth-order valence-corrected chi connectivity index (χ4v) is 4.92. The molecular formula is C17H26N2O3S2. The van der Waals surface area contributed by atoms with E-state index in [1.165, 1.54) is 6.07 Å². The first-order valence-electron chi connectivity index (χ1n) is 8.15. The summed E-state index contributed by atoms with van der Waals surface area (Å²) in [6.07, 6.45) is 1.15. The summed E-state index contributed by atoms with van der Waals surface area (Å²) in [5.74, 6) is 1.42. The van der Waals surface area contributed by atoms with Gasteiger partial charge in [-0.2, -0.15) is 11.8 Å². The summed E-state index contributed by atoms with van der Waals surface area (Å²) < 4.78 is 23.7. The SMILES string of the molecule is CC(C)C1CN(C(C)C(=O)Nc2ccccc2S(C)(=O)=O)CCS1. The molecule has 1 amide bonds. The highest BCUT2D eigenvalue weighted by Crippen LogP contribution is 2.27. The summed E-state index contributed by atoms with van der Waals surface area (Å²) in [5.41, 5.74) is 0.351. The molecule has 5 nitrogen and oxygen atoms in total. The molecule has 1 saturated heterocycles. The molecular weight excluding hydrogens is 344 g/mol. The van der Waals surface area contributed by atoms with Gasteiger partial charge in [0.25, 0.3) is 0 Å². The van der Waals surface area contributed by atoms with E-state index < -0.39 is 9.84 Å². The van der Waals surface area contributed by atoms with E-state index >= 15 is 0 Å². The normalized spacial score (nSPS) is 20.8. The lowest BCUT2D eigenvalue weighted by Crippen LogP contribution is -2.49. The first-order chi connectivity index (χ1) is 11.2. The maximum Gasteiger partial charge on any atom is 0.241 e. The number of carbonyl (C=O) groups excluding carboxylic acids is 1. The molecule has 0 aliphatic carbocycles. The van der Waals surface area contributed by atoms with Crippen LogP contribution < -0.4 is 5.32 Å². The number of carbonyl (C=O) groups is 1. The molecule has 2 atom stereocenters. The Labute approximate surface area is 149 Å². The smallest absolute Gasteiger partial charge is 0.241 e. The fourth-order valence-electron chi connectivity index (χ4n) is 2.75. The number of anilines is 1. The Balaban J connectivity index is 2.10. The summed E-state index contributed by atoms with van der Waals surface area (Å²) in [6.45, 7) is 8.04. The second kappa shape index (κ2) is 7.89. The maximum absolute atomic E-state index is 12.6. The van der Waals surface area contributed by atoms with Crippen LogP contribution in [0.3, 0.4) is 0 Å². The molecule has 134 valence electrons. The molecule has 1 aromatic carbocycles. The van der Waals surface area contributed by atoms with Crippen LogP contribution in [-0.4, -0.2) is 55.6 Å². The Morgan fingerprint density at radius 1 is 1.29 bits per heavy atom. The minimum Gasteiger partial charge on any atom is -0.324 e. The van der Waals surface area contributed by atoms with Crippen molar-refractivity contribution in [3.05, 3.63) is 24.3 Å². The van der Waals surface area contributed by atoms with Crippen molar-refractivity contribution in [3.8, 4) is 0 Å². The van der Waals surface area contributed by atoms with E-state index in [1.807, 2.05) is 18.7 Å². The van der Waals surface area contributed by atoms with Crippen molar-refractivity contribution in [1.82, 2.24) is 4.90 Å². The first kappa shape index (κ1) is 19.3. The van der Waals surface area contributed by atoms with Gasteiger partial charge in [0, 0.05) is 30.3 Å². The van der Waals surface area contributed by atoms with E-state index in [1.54, 1.807) is 18.2 Å². The van der Waals surface area contributed by atoms with Gasteiger partial charge in [-0.05, 0) is 25.0 Å². The molecule has 24 heavy (non-hydrogen) atoms. The minimum absolute atomic E-state index is 0.153. The van der Waals surface area contributed by atoms with Gasteiger partial charge in [0.05, 0.1) is 16.6 Å². The van der Waals surface area contributed by atoms with Gasteiger partial charge in [0.2, 0.25) is 5.91 Å². The lowest BCUT2D eigenvalue weighted by atomic mass is 10.1. The Bertz CT molecular complexity index is 689. The Morgan fingerprint density at radius 2 is 1.96 bits per heavy atom. The number of benzene rings is 1. The molecule has 1 N–H and O–H groups in total. The highest BCUT2D eigenvalue weighted by molar-refractivity contribution is 8.00. The number of hydrogen-bond donors (Lipinski definition) is 1. The molecule has 1 fully saturated rings. The van der Waals surface area contributed by atoms with E-state index in [4.69, 9.17) is 0 Å². The van der Waals surface area contributed by atoms with Gasteiger partial charge in [0.1, 0.15) is 0 Å². The summed E-state index contributed by atoms with van der Waals surface area (Å²) in [5, 5.41) is 3.32. The zero-order valence-corrected chi connectivity index (χ0v) is 16.3. The third-order valence-electron chi connectivity index (χ3n) is 4.34. The monoisotopic (exact) mass is 370 g/mol. The number of rotatable bonds is 5. The van der Waals surface area contributed by atoms with Gasteiger partial charge in [-0.1, -0.05) is 26.0 Å². The van der Waals surface area contributed by atoms with E-state index in [0.29, 0.717) is 16.9 Å². The second-order valence-corrected chi connectivity index (χ2v) is 9.91. The van der Waals surface area contributed by atoms with Crippen molar-refractivity contribution in [2.75, 3.05) is 30.4 Å². The molecule has 1 heterocycles. The summed E-state index contributed by atoms with van der Waals surface area (Å²) in [4.78, 5) is 14.9. The van der Waals surface area contributed by atoms with Crippen LogP contribution >= 0.6 is 11.8 Å². The highest BCUT2D eigenvalue weighted by atomic mass is 32.2. The van der Waals surface area contributed by atoms with E-state index in [2.05, 4.69) is 24.1 Å². The molecule has 7 heteroatoms. The van der Waals surface area contributed by atoms with E-state index in [9.17, 15) is 13.2 Å². The summed E-state index contributed by atoms with van der Waals surface area (Å²) >= 11 is 1.96. The average molecular weight is 371 g/mol. The number of nitrogens with one attached hydrogen (secondary N) is 1. The Hall–Kier alpha value is -1.05. The van der Waals surface area contributed by atoms with Crippen LogP contribution in [0.15, 0.2) is 29.2 Å². The van der Waals surface area contributed by atoms with Crippen molar-refractivity contribution in [2.45, 2.75) is 37.0 Å². The number of hydrogen-bond acceptors (Lipinski definition) is 5. The minimum atomic E-state index is -3.38. The first-order valence-corrected chi connectivity index (χ1v) is 11.1. The molecule has 1 aliphatic heterocycles. The Morgan fingerprint density at radius 3 is 2.58 bits per heavy atom. The van der Waals surface area contributed by atoms with Crippen LogP contribution in [-0.2, 0) is 14.6 Å². The van der Waals surface area contributed by atoms with Crippen molar-refractivity contribution >= 4 is 33.2 Å². The van der Waals surface area contributed by atoms with Gasteiger partial charge in [-0.15, -0.1) is 0 Å². The maximum atomic E-state index is 12.6. The van der Waals surface area contributed by atoms with Gasteiger partial charge in [-0.3, -0.25) is 9.69 Å². The number of para-hydroxylation sites is 1. The van der Waals surface area contributed by atoms with Gasteiger partial charge in [-0.25, -0.2) is 8.42 Å². The number of amides is 1. The summed E-state index contributed by atoms with van der Waals surface area (Å²) in [7, 11) is -3.38. The van der Waals surface area contributed by atoms with Crippen molar-refractivity contribution in [1.29, 1.82) is 0 Å². The van der Waals surface area contributed by atoms with Crippen LogP contribution in [0.1, 0.15) is 20.8 Å². The van der Waals surface area contributed by atoms with Crippen LogP contribution in [0.5, 0.6) is 0 Å². The molecule has 0 aromatic heterocycles. The van der Waals surface area contributed by atoms with E-state index in [0.717, 1.165) is 25.1 Å². The molecule has 0 saturated carbocycles. The zero-order chi connectivity index (χ0) is 17.9. The molecule has 2 unspecified atom stereocenters. The number of thioether (sulfide) groups is 1. The highest BCUT2D eigenvalue weighted by Gasteiger charge is 2.29. The quantitative estimate of drug-likeness (QED) is 0.863. The van der Waals surface area contributed by atoms with Gasteiger partial charge >= 0.3 is 0 Å². The predicted molar refractivity (Wildman–Crippen MR) is 100 cm³/mol. The van der Waals surface area contributed by atoms with Crippen molar-refractivity contribution < 1.29 is 13.2 Å². The molecule has 0 radical (unpaired) electrons. The van der Waals surface area contributed by atoms with Crippen LogP contribution in [0.4, 0.5) is 5.69 Å². The molecule has 0 spiro atoms. The standard InChI is InChI=1S/C17H26N2O3S2/c1-12(2)15-11-19(9-10-23-15)13(3)17(20)18-14-7-5-6-8-16(14)24(4,21)22/h5-8,12-13,15H,9-11H2,1-4H3,(H,18,20). The number of nitrogens with zero attached hydrogens (tertiary/aromatic N) is 1. The molecule has 1 aromatic rings. The van der Waals surface area contributed by atoms with Gasteiger partial charge < -0.3 is 5.32 Å². The lowest BCUT2D eigenvalue weighted by Gasteiger charge is -2.37. The van der Waals surface area contributed by atoms with Crippen LogP contribution in [0.2, 0.25) is 0 Å². The van der Waals surface area contributed by atoms with E-state index in [-0.39, 0.29) is 16.8 Å². The summed E-state index contributed by atoms with van der Waals surface area (Å²) in [6, 6.07) is 6.23. The lowest BCUT2D eigenvalue weighted by molar-refractivity contribution is -0.120. The average Bonchev–Trinajstić information content (AvgIpc) is 2.53. The second-order valence-electron chi connectivity index (χ2n) is 6.58. The van der Waals surface area contributed by atoms with Crippen LogP contribution in [0, 0.1) is 5.92 Å². The van der Waals surface area contributed by atoms with Crippen LogP contribution in [0.25, 0.3) is 0 Å². The molecule has 2 rings (SSSR count). The largest absolute Gasteiger partial charge is 0.324 e. The third-order valence-corrected chi connectivity index (χ3v) is 7.03. The molecule has 1 aliphatic rings. The zero-order valence-electron chi connectivity index (χ0n) is 14.7. The fraction of sp³-hybridized carbons (Fsp3) is 0.588. The Kier molecular flexibility index (Phi) is 6.33. The molecule has 0 bridgehead atoms. The third kappa shape index (κ3) is 4.74. The predicted octanol–water partition coefficient (Wildman–Crippen LogP) is 2.49. The topological polar surface area (TPSA) is 66.5 Å². The number of sulfone groups is 1. The van der Waals surface area contributed by atoms with Crippen molar-refractivity contribution in [3.63, 3.8) is 0 Å².